The molecule has 6 heteroatoms. The molecule has 1 heterocycles. The fourth-order valence-corrected chi connectivity index (χ4v) is 1.85. The second-order valence-electron chi connectivity index (χ2n) is 3.47. The van der Waals surface area contributed by atoms with Crippen LogP contribution in [0.25, 0.3) is 11.3 Å². The highest BCUT2D eigenvalue weighted by molar-refractivity contribution is 9.10. The molecule has 0 aliphatic carbocycles. The first-order chi connectivity index (χ1) is 7.99. The molecule has 0 unspecified atom stereocenters. The van der Waals surface area contributed by atoms with E-state index in [9.17, 15) is 9.18 Å². The minimum Gasteiger partial charge on any atom is -0.476 e. The van der Waals surface area contributed by atoms with Crippen molar-refractivity contribution in [2.75, 3.05) is 0 Å². The van der Waals surface area contributed by atoms with Crippen LogP contribution in [0, 0.1) is 5.82 Å². The molecule has 17 heavy (non-hydrogen) atoms. The van der Waals surface area contributed by atoms with Gasteiger partial charge in [-0.15, -0.1) is 0 Å². The summed E-state index contributed by atoms with van der Waals surface area (Å²) in [6.07, 6.45) is 0. The van der Waals surface area contributed by atoms with E-state index in [0.717, 1.165) is 0 Å². The zero-order valence-corrected chi connectivity index (χ0v) is 10.4. The molecule has 0 atom stereocenters. The van der Waals surface area contributed by atoms with E-state index in [4.69, 9.17) is 5.11 Å². The van der Waals surface area contributed by atoms with Gasteiger partial charge in [-0.2, -0.15) is 5.10 Å². The van der Waals surface area contributed by atoms with E-state index < -0.39 is 11.8 Å². The van der Waals surface area contributed by atoms with Gasteiger partial charge >= 0.3 is 5.97 Å². The first kappa shape index (κ1) is 11.8. The summed E-state index contributed by atoms with van der Waals surface area (Å²) in [5, 5.41) is 12.6. The molecule has 0 fully saturated rings. The molecule has 0 bridgehead atoms. The van der Waals surface area contributed by atoms with Gasteiger partial charge in [0, 0.05) is 17.1 Å². The smallest absolute Gasteiger partial charge is 0.356 e. The van der Waals surface area contributed by atoms with Crippen LogP contribution in [0.4, 0.5) is 4.39 Å². The first-order valence-electron chi connectivity index (χ1n) is 4.72. The standard InChI is InChI=1S/C11H8BrFN2O2/c1-15-10(5-9(14-15)11(16)17)7-3-2-6(12)4-8(7)13/h2-5H,1H3,(H,16,17). The molecule has 0 amide bonds. The van der Waals surface area contributed by atoms with Gasteiger partial charge in [-0.1, -0.05) is 15.9 Å². The van der Waals surface area contributed by atoms with E-state index in [0.29, 0.717) is 15.7 Å². The van der Waals surface area contributed by atoms with E-state index in [1.807, 2.05) is 0 Å². The molecule has 2 rings (SSSR count). The molecule has 0 aliphatic rings. The Labute approximate surface area is 105 Å². The maximum absolute atomic E-state index is 13.7. The van der Waals surface area contributed by atoms with Crippen molar-refractivity contribution in [3.63, 3.8) is 0 Å². The Hall–Kier alpha value is -1.69. The average Bonchev–Trinajstić information content (AvgIpc) is 2.61. The fourth-order valence-electron chi connectivity index (χ4n) is 1.52. The number of carbonyl (C=O) groups is 1. The number of rotatable bonds is 2. The van der Waals surface area contributed by atoms with Gasteiger partial charge in [0.2, 0.25) is 0 Å². The van der Waals surface area contributed by atoms with Crippen LogP contribution in [0.2, 0.25) is 0 Å². The second-order valence-corrected chi connectivity index (χ2v) is 4.38. The third kappa shape index (κ3) is 2.21. The molecule has 4 nitrogen and oxygen atoms in total. The number of aromatic nitrogens is 2. The predicted octanol–water partition coefficient (Wildman–Crippen LogP) is 2.69. The highest BCUT2D eigenvalue weighted by Crippen LogP contribution is 2.25. The van der Waals surface area contributed by atoms with Gasteiger partial charge in [0.25, 0.3) is 0 Å². The third-order valence-electron chi connectivity index (χ3n) is 2.31. The van der Waals surface area contributed by atoms with Crippen molar-refractivity contribution >= 4 is 21.9 Å². The monoisotopic (exact) mass is 298 g/mol. The summed E-state index contributed by atoms with van der Waals surface area (Å²) in [6, 6.07) is 5.92. The van der Waals surface area contributed by atoms with Gasteiger partial charge < -0.3 is 5.11 Å². The number of hydrogen-bond donors (Lipinski definition) is 1. The molecule has 88 valence electrons. The van der Waals surface area contributed by atoms with E-state index in [1.165, 1.54) is 16.8 Å². The van der Waals surface area contributed by atoms with E-state index in [-0.39, 0.29) is 5.69 Å². The Morgan fingerprint density at radius 3 is 2.71 bits per heavy atom. The van der Waals surface area contributed by atoms with Crippen LogP contribution in [-0.4, -0.2) is 20.9 Å². The molecule has 1 aromatic carbocycles. The van der Waals surface area contributed by atoms with Crippen molar-refractivity contribution in [3.05, 3.63) is 40.2 Å². The van der Waals surface area contributed by atoms with Crippen molar-refractivity contribution in [1.29, 1.82) is 0 Å². The lowest BCUT2D eigenvalue weighted by Gasteiger charge is -2.03. The minimum atomic E-state index is -1.13. The van der Waals surface area contributed by atoms with E-state index in [1.54, 1.807) is 19.2 Å². The number of nitrogens with zero attached hydrogens (tertiary/aromatic N) is 2. The Morgan fingerprint density at radius 1 is 1.47 bits per heavy atom. The lowest BCUT2D eigenvalue weighted by Crippen LogP contribution is -1.99. The van der Waals surface area contributed by atoms with Crippen molar-refractivity contribution in [2.45, 2.75) is 0 Å². The molecule has 0 aliphatic heterocycles. The van der Waals surface area contributed by atoms with Crippen LogP contribution in [0.5, 0.6) is 0 Å². The highest BCUT2D eigenvalue weighted by atomic mass is 79.9. The number of halogens is 2. The SMILES string of the molecule is Cn1nc(C(=O)O)cc1-c1ccc(Br)cc1F. The largest absolute Gasteiger partial charge is 0.476 e. The van der Waals surface area contributed by atoms with Crippen LogP contribution < -0.4 is 0 Å². The maximum atomic E-state index is 13.7. The summed E-state index contributed by atoms with van der Waals surface area (Å²) in [5.41, 5.74) is 0.632. The highest BCUT2D eigenvalue weighted by Gasteiger charge is 2.15. The molecule has 2 aromatic rings. The first-order valence-corrected chi connectivity index (χ1v) is 5.51. The topological polar surface area (TPSA) is 55.1 Å². The van der Waals surface area contributed by atoms with Crippen molar-refractivity contribution in [1.82, 2.24) is 9.78 Å². The molecular formula is C11H8BrFN2O2. The Morgan fingerprint density at radius 2 is 2.18 bits per heavy atom. The van der Waals surface area contributed by atoms with Gasteiger partial charge in [0.1, 0.15) is 5.82 Å². The van der Waals surface area contributed by atoms with Crippen LogP contribution in [0.3, 0.4) is 0 Å². The fraction of sp³-hybridized carbons (Fsp3) is 0.0909. The number of carboxylic acids is 1. The number of benzene rings is 1. The summed E-state index contributed by atoms with van der Waals surface area (Å²) < 4.78 is 15.7. The van der Waals surface area contributed by atoms with Gasteiger partial charge in [-0.05, 0) is 24.3 Å². The van der Waals surface area contributed by atoms with Crippen molar-refractivity contribution < 1.29 is 14.3 Å². The quantitative estimate of drug-likeness (QED) is 0.927. The summed E-state index contributed by atoms with van der Waals surface area (Å²) in [4.78, 5) is 10.8. The number of carboxylic acid groups (broad SMARTS) is 1. The third-order valence-corrected chi connectivity index (χ3v) is 2.80. The van der Waals surface area contributed by atoms with Gasteiger partial charge in [-0.25, -0.2) is 9.18 Å². The van der Waals surface area contributed by atoms with Gasteiger partial charge in [0.05, 0.1) is 5.69 Å². The molecule has 1 aromatic heterocycles. The summed E-state index contributed by atoms with van der Waals surface area (Å²) >= 11 is 3.16. The molecule has 0 radical (unpaired) electrons. The molecule has 0 saturated carbocycles. The average molecular weight is 299 g/mol. The molecule has 1 N–H and O–H groups in total. The lowest BCUT2D eigenvalue weighted by molar-refractivity contribution is 0.0689. The Kier molecular flexibility index (Phi) is 2.97. The van der Waals surface area contributed by atoms with E-state index >= 15 is 0 Å². The van der Waals surface area contributed by atoms with Crippen molar-refractivity contribution in [2.24, 2.45) is 7.05 Å². The lowest BCUT2D eigenvalue weighted by atomic mass is 10.1. The van der Waals surface area contributed by atoms with Gasteiger partial charge in [-0.3, -0.25) is 4.68 Å². The number of aromatic carboxylic acids is 1. The molecular weight excluding hydrogens is 291 g/mol. The van der Waals surface area contributed by atoms with Crippen LogP contribution in [0.1, 0.15) is 10.5 Å². The summed E-state index contributed by atoms with van der Waals surface area (Å²) in [5.74, 6) is -1.57. The van der Waals surface area contributed by atoms with Crippen molar-refractivity contribution in [3.8, 4) is 11.3 Å². The summed E-state index contributed by atoms with van der Waals surface area (Å²) in [7, 11) is 1.57. The Balaban J connectivity index is 2.56. The molecule has 0 spiro atoms. The normalized spacial score (nSPS) is 10.5. The van der Waals surface area contributed by atoms with Gasteiger partial charge in [0.15, 0.2) is 5.69 Å². The second kappa shape index (κ2) is 4.29. The predicted molar refractivity (Wildman–Crippen MR) is 63.3 cm³/mol. The van der Waals surface area contributed by atoms with Crippen LogP contribution in [0.15, 0.2) is 28.7 Å². The number of hydrogen-bond acceptors (Lipinski definition) is 2. The minimum absolute atomic E-state index is 0.107. The zero-order valence-electron chi connectivity index (χ0n) is 8.82. The molecule has 0 saturated heterocycles. The van der Waals surface area contributed by atoms with Crippen LogP contribution in [-0.2, 0) is 7.05 Å². The number of aryl methyl sites for hydroxylation is 1. The summed E-state index contributed by atoms with van der Waals surface area (Å²) in [6.45, 7) is 0. The van der Waals surface area contributed by atoms with Crippen LogP contribution >= 0.6 is 15.9 Å². The Bertz CT molecular complexity index is 595. The van der Waals surface area contributed by atoms with E-state index in [2.05, 4.69) is 21.0 Å². The maximum Gasteiger partial charge on any atom is 0.356 e. The zero-order chi connectivity index (χ0) is 12.6.